The molecule has 0 radical (unpaired) electrons. The highest BCUT2D eigenvalue weighted by molar-refractivity contribution is 5.80. The van der Waals surface area contributed by atoms with E-state index in [2.05, 4.69) is 5.32 Å². The third-order valence-corrected chi connectivity index (χ3v) is 5.63. The van der Waals surface area contributed by atoms with Crippen LogP contribution in [-0.4, -0.2) is 54.7 Å². The quantitative estimate of drug-likeness (QED) is 0.769. The number of carbonyl (C=O) groups excluding carboxylic acids is 2. The fraction of sp³-hybridized carbons (Fsp3) is 0.636. The Hall–Kier alpha value is -2.45. The highest BCUT2D eigenvalue weighted by atomic mass is 19.4. The summed E-state index contributed by atoms with van der Waals surface area (Å²) in [5.41, 5.74) is -0.723. The molecule has 1 saturated heterocycles. The van der Waals surface area contributed by atoms with Crippen LogP contribution in [0.5, 0.6) is 0 Å². The molecule has 6 nitrogen and oxygen atoms in total. The zero-order chi connectivity index (χ0) is 22.8. The number of ether oxygens (including phenoxy) is 1. The number of benzene rings is 1. The summed E-state index contributed by atoms with van der Waals surface area (Å²) in [5, 5.41) is 2.84. The van der Waals surface area contributed by atoms with E-state index < -0.39 is 23.4 Å². The van der Waals surface area contributed by atoms with Gasteiger partial charge in [-0.3, -0.25) is 4.79 Å². The first kappa shape index (κ1) is 23.2. The van der Waals surface area contributed by atoms with E-state index in [9.17, 15) is 22.8 Å². The molecule has 2 atom stereocenters. The minimum absolute atomic E-state index is 0.0529. The summed E-state index contributed by atoms with van der Waals surface area (Å²) in [6.45, 7) is 7.30. The van der Waals surface area contributed by atoms with Gasteiger partial charge in [-0.25, -0.2) is 4.79 Å². The van der Waals surface area contributed by atoms with Gasteiger partial charge in [-0.15, -0.1) is 0 Å². The predicted octanol–water partition coefficient (Wildman–Crippen LogP) is 4.05. The smallest absolute Gasteiger partial charge is 0.416 e. The van der Waals surface area contributed by atoms with Crippen LogP contribution in [0.15, 0.2) is 24.3 Å². The Kier molecular flexibility index (Phi) is 6.71. The molecule has 2 fully saturated rings. The van der Waals surface area contributed by atoms with Gasteiger partial charge in [0, 0.05) is 43.8 Å². The van der Waals surface area contributed by atoms with Gasteiger partial charge < -0.3 is 19.9 Å². The Morgan fingerprint density at radius 2 is 1.74 bits per heavy atom. The summed E-state index contributed by atoms with van der Waals surface area (Å²) in [7, 11) is 0. The molecular formula is C22H30F3N3O3. The van der Waals surface area contributed by atoms with E-state index in [4.69, 9.17) is 4.74 Å². The van der Waals surface area contributed by atoms with Gasteiger partial charge in [0.2, 0.25) is 5.91 Å². The monoisotopic (exact) mass is 441 g/mol. The summed E-state index contributed by atoms with van der Waals surface area (Å²) in [6, 6.07) is 5.20. The second-order valence-corrected chi connectivity index (χ2v) is 9.21. The number of piperazine rings is 1. The third kappa shape index (κ3) is 6.27. The lowest BCUT2D eigenvalue weighted by Gasteiger charge is -2.37. The Morgan fingerprint density at radius 3 is 2.35 bits per heavy atom. The number of alkyl carbamates (subject to hydrolysis) is 1. The molecule has 0 aromatic heterocycles. The van der Waals surface area contributed by atoms with Gasteiger partial charge in [-0.2, -0.15) is 13.2 Å². The summed E-state index contributed by atoms with van der Waals surface area (Å²) in [6.07, 6.45) is -2.85. The lowest BCUT2D eigenvalue weighted by Crippen LogP contribution is -2.50. The van der Waals surface area contributed by atoms with Crippen molar-refractivity contribution in [1.82, 2.24) is 10.2 Å². The molecule has 0 spiro atoms. The molecule has 0 bridgehead atoms. The molecule has 1 aliphatic heterocycles. The fourth-order valence-electron chi connectivity index (χ4n) is 4.13. The molecule has 31 heavy (non-hydrogen) atoms. The van der Waals surface area contributed by atoms with E-state index in [1.54, 1.807) is 31.7 Å². The predicted molar refractivity (Wildman–Crippen MR) is 111 cm³/mol. The van der Waals surface area contributed by atoms with E-state index in [-0.39, 0.29) is 17.9 Å². The van der Waals surface area contributed by atoms with Crippen molar-refractivity contribution < 1.29 is 27.5 Å². The second-order valence-electron chi connectivity index (χ2n) is 9.21. The third-order valence-electron chi connectivity index (χ3n) is 5.63. The zero-order valence-corrected chi connectivity index (χ0v) is 18.2. The molecule has 1 saturated carbocycles. The molecule has 1 aromatic carbocycles. The number of hydrogen-bond acceptors (Lipinski definition) is 4. The van der Waals surface area contributed by atoms with Crippen molar-refractivity contribution in [1.29, 1.82) is 0 Å². The number of carbonyl (C=O) groups is 2. The number of anilines is 1. The van der Waals surface area contributed by atoms with Crippen LogP contribution in [0.25, 0.3) is 0 Å². The molecule has 1 heterocycles. The highest BCUT2D eigenvalue weighted by Crippen LogP contribution is 2.32. The van der Waals surface area contributed by atoms with Gasteiger partial charge in [-0.05, 0) is 58.2 Å². The molecule has 1 N–H and O–H groups in total. The van der Waals surface area contributed by atoms with Crippen LogP contribution < -0.4 is 10.2 Å². The van der Waals surface area contributed by atoms with Gasteiger partial charge >= 0.3 is 12.3 Å². The van der Waals surface area contributed by atoms with Crippen molar-refractivity contribution in [2.24, 2.45) is 5.92 Å². The summed E-state index contributed by atoms with van der Waals surface area (Å²) >= 11 is 0. The molecule has 3 rings (SSSR count). The van der Waals surface area contributed by atoms with Gasteiger partial charge in [0.15, 0.2) is 0 Å². The lowest BCUT2D eigenvalue weighted by atomic mass is 10.1. The maximum absolute atomic E-state index is 13.0. The molecule has 9 heteroatoms. The minimum atomic E-state index is -4.37. The van der Waals surface area contributed by atoms with Crippen LogP contribution >= 0.6 is 0 Å². The van der Waals surface area contributed by atoms with E-state index in [1.165, 1.54) is 6.07 Å². The number of hydrogen-bond donors (Lipinski definition) is 1. The molecule has 2 aliphatic rings. The Labute approximate surface area is 180 Å². The number of rotatable bonds is 3. The van der Waals surface area contributed by atoms with Crippen LogP contribution in [0.3, 0.4) is 0 Å². The van der Waals surface area contributed by atoms with Gasteiger partial charge in [0.1, 0.15) is 5.60 Å². The van der Waals surface area contributed by atoms with Crippen molar-refractivity contribution >= 4 is 17.7 Å². The van der Waals surface area contributed by atoms with Crippen molar-refractivity contribution in [3.8, 4) is 0 Å². The largest absolute Gasteiger partial charge is 0.444 e. The SMILES string of the molecule is CC(C)(C)OC(=O)NC1CCC(C(=O)N2CCN(c3cccc(C(F)(F)F)c3)CC2)C1. The number of alkyl halides is 3. The van der Waals surface area contributed by atoms with Crippen LogP contribution in [0.4, 0.5) is 23.7 Å². The van der Waals surface area contributed by atoms with Crippen LogP contribution in [0.1, 0.15) is 45.6 Å². The summed E-state index contributed by atoms with van der Waals surface area (Å²) in [5.74, 6) is -0.0998. The Balaban J connectivity index is 1.49. The van der Waals surface area contributed by atoms with E-state index in [0.717, 1.165) is 18.6 Å². The molecule has 1 aliphatic carbocycles. The topological polar surface area (TPSA) is 61.9 Å². The number of nitrogens with zero attached hydrogens (tertiary/aromatic N) is 2. The first-order valence-electron chi connectivity index (χ1n) is 10.6. The van der Waals surface area contributed by atoms with Crippen LogP contribution in [0.2, 0.25) is 0 Å². The van der Waals surface area contributed by atoms with E-state index in [0.29, 0.717) is 44.7 Å². The average molecular weight is 441 g/mol. The maximum atomic E-state index is 13.0. The molecule has 2 unspecified atom stereocenters. The first-order chi connectivity index (χ1) is 14.4. The van der Waals surface area contributed by atoms with Gasteiger partial charge in [-0.1, -0.05) is 6.07 Å². The molecule has 172 valence electrons. The average Bonchev–Trinajstić information content (AvgIpc) is 3.14. The normalized spacial score (nSPS) is 22.4. The van der Waals surface area contributed by atoms with Crippen molar-refractivity contribution in [2.45, 2.75) is 57.9 Å². The zero-order valence-electron chi connectivity index (χ0n) is 18.2. The standard InChI is InChI=1S/C22H30F3N3O3/c1-21(2,3)31-20(30)26-17-8-7-15(13-17)19(29)28-11-9-27(10-12-28)18-6-4-5-16(14-18)22(23,24)25/h4-6,14-15,17H,7-13H2,1-3H3,(H,26,30). The number of halogens is 3. The molecular weight excluding hydrogens is 411 g/mol. The first-order valence-corrected chi connectivity index (χ1v) is 10.6. The number of nitrogens with one attached hydrogen (secondary N) is 1. The van der Waals surface area contributed by atoms with Crippen molar-refractivity contribution in [3.05, 3.63) is 29.8 Å². The highest BCUT2D eigenvalue weighted by Gasteiger charge is 2.35. The van der Waals surface area contributed by atoms with Gasteiger partial charge in [0.25, 0.3) is 0 Å². The molecule has 1 aromatic rings. The maximum Gasteiger partial charge on any atom is 0.416 e. The van der Waals surface area contributed by atoms with Crippen molar-refractivity contribution in [3.63, 3.8) is 0 Å². The van der Waals surface area contributed by atoms with Gasteiger partial charge in [0.05, 0.1) is 5.56 Å². The lowest BCUT2D eigenvalue weighted by molar-refractivity contribution is -0.137. The van der Waals surface area contributed by atoms with Crippen LogP contribution in [0, 0.1) is 5.92 Å². The Bertz CT molecular complexity index is 799. The number of amides is 2. The second kappa shape index (κ2) is 8.96. The summed E-state index contributed by atoms with van der Waals surface area (Å²) in [4.78, 5) is 28.5. The molecule has 2 amide bonds. The summed E-state index contributed by atoms with van der Waals surface area (Å²) < 4.78 is 44.2. The van der Waals surface area contributed by atoms with E-state index >= 15 is 0 Å². The van der Waals surface area contributed by atoms with Crippen molar-refractivity contribution in [2.75, 3.05) is 31.1 Å². The van der Waals surface area contributed by atoms with E-state index in [1.807, 2.05) is 4.90 Å². The van der Waals surface area contributed by atoms with Crippen LogP contribution in [-0.2, 0) is 15.7 Å². The fourth-order valence-corrected chi connectivity index (χ4v) is 4.13. The minimum Gasteiger partial charge on any atom is -0.444 e. The Morgan fingerprint density at radius 1 is 1.06 bits per heavy atom.